The fraction of sp³-hybridized carbons (Fsp3) is 0.750. The molecule has 0 aromatic carbocycles. The number of hydrogen-bond donors (Lipinski definition) is 0. The first kappa shape index (κ1) is 9.47. The van der Waals surface area contributed by atoms with Gasteiger partial charge in [0.25, 0.3) is 0 Å². The van der Waals surface area contributed by atoms with E-state index >= 15 is 0 Å². The van der Waals surface area contributed by atoms with Crippen LogP contribution in [0, 0.1) is 11.8 Å². The largest absolute Gasteiger partial charge is 0.0642 e. The van der Waals surface area contributed by atoms with Crippen LogP contribution in [0.15, 0.2) is 9.66 Å². The minimum Gasteiger partial charge on any atom is -0.0642 e. The Morgan fingerprint density at radius 1 is 1.33 bits per heavy atom. The van der Waals surface area contributed by atoms with Crippen LogP contribution in [-0.2, 0) is 0 Å². The highest BCUT2D eigenvalue weighted by Crippen LogP contribution is 2.19. The number of hydrogen-bond acceptors (Lipinski definition) is 0. The molecule has 0 radical (unpaired) electrons. The Morgan fingerprint density at radius 2 is 1.78 bits per heavy atom. The van der Waals surface area contributed by atoms with E-state index < -0.39 is 0 Å². The molecule has 54 valence electrons. The fourth-order valence-corrected chi connectivity index (χ4v) is 1.19. The van der Waals surface area contributed by atoms with E-state index in [0.29, 0.717) is 0 Å². The molecule has 0 N–H and O–H groups in total. The topological polar surface area (TPSA) is 0 Å². The SMILES string of the molecule is CC(=CI)C(C)C(C)C. The lowest BCUT2D eigenvalue weighted by atomic mass is 9.92. The molecule has 0 heterocycles. The van der Waals surface area contributed by atoms with Crippen LogP contribution in [0.2, 0.25) is 0 Å². The molecule has 1 heteroatoms. The number of rotatable bonds is 2. The second kappa shape index (κ2) is 4.31. The van der Waals surface area contributed by atoms with Crippen molar-refractivity contribution in [3.05, 3.63) is 9.66 Å². The lowest BCUT2D eigenvalue weighted by Gasteiger charge is -2.14. The first-order chi connectivity index (χ1) is 4.09. The van der Waals surface area contributed by atoms with Crippen molar-refractivity contribution in [2.24, 2.45) is 11.8 Å². The van der Waals surface area contributed by atoms with Crippen molar-refractivity contribution in [2.75, 3.05) is 0 Å². The normalized spacial score (nSPS) is 16.4. The average molecular weight is 238 g/mol. The molecule has 0 amide bonds. The Hall–Kier alpha value is 0.470. The zero-order chi connectivity index (χ0) is 7.44. The quantitative estimate of drug-likeness (QED) is 0.644. The highest BCUT2D eigenvalue weighted by Gasteiger charge is 2.06. The van der Waals surface area contributed by atoms with E-state index in [1.165, 1.54) is 5.57 Å². The Balaban J connectivity index is 3.88. The first-order valence-electron chi connectivity index (χ1n) is 3.36. The number of halogens is 1. The third-order valence-corrected chi connectivity index (χ3v) is 2.87. The van der Waals surface area contributed by atoms with Gasteiger partial charge in [-0.25, -0.2) is 0 Å². The van der Waals surface area contributed by atoms with E-state index in [4.69, 9.17) is 0 Å². The molecule has 0 aliphatic rings. The minimum absolute atomic E-state index is 0.738. The summed E-state index contributed by atoms with van der Waals surface area (Å²) in [5.74, 6) is 1.51. The molecule has 0 saturated heterocycles. The smallest absolute Gasteiger partial charge is 0.0204 e. The molecule has 0 aromatic heterocycles. The Kier molecular flexibility index (Phi) is 4.54. The van der Waals surface area contributed by atoms with Crippen molar-refractivity contribution >= 4 is 22.6 Å². The molecule has 0 bridgehead atoms. The molecule has 0 saturated carbocycles. The average Bonchev–Trinajstić information content (AvgIpc) is 1.84. The Morgan fingerprint density at radius 3 is 1.89 bits per heavy atom. The number of allylic oxidation sites excluding steroid dienone is 1. The standard InChI is InChI=1S/C8H15I/c1-6(2)8(4)7(3)5-9/h5-6,8H,1-4H3. The molecule has 0 nitrogen and oxygen atoms in total. The van der Waals surface area contributed by atoms with Crippen molar-refractivity contribution in [3.63, 3.8) is 0 Å². The van der Waals surface area contributed by atoms with Crippen LogP contribution in [0.25, 0.3) is 0 Å². The third kappa shape index (κ3) is 3.23. The lowest BCUT2D eigenvalue weighted by molar-refractivity contribution is 0.481. The molecule has 9 heavy (non-hydrogen) atoms. The van der Waals surface area contributed by atoms with Gasteiger partial charge in [-0.1, -0.05) is 48.9 Å². The van der Waals surface area contributed by atoms with Crippen molar-refractivity contribution in [1.29, 1.82) is 0 Å². The summed E-state index contributed by atoms with van der Waals surface area (Å²) in [6.07, 6.45) is 0. The highest BCUT2D eigenvalue weighted by atomic mass is 127. The maximum atomic E-state index is 2.30. The summed E-state index contributed by atoms with van der Waals surface area (Å²) in [4.78, 5) is 0. The van der Waals surface area contributed by atoms with Gasteiger partial charge in [-0.05, 0) is 22.8 Å². The summed E-state index contributed by atoms with van der Waals surface area (Å²) in [5.41, 5.74) is 1.49. The van der Waals surface area contributed by atoms with Gasteiger partial charge < -0.3 is 0 Å². The second-order valence-corrected chi connectivity index (χ2v) is 3.51. The summed E-state index contributed by atoms with van der Waals surface area (Å²) < 4.78 is 2.17. The van der Waals surface area contributed by atoms with Crippen molar-refractivity contribution < 1.29 is 0 Å². The predicted octanol–water partition coefficient (Wildman–Crippen LogP) is 3.62. The molecule has 1 atom stereocenters. The van der Waals surface area contributed by atoms with Gasteiger partial charge in [-0.3, -0.25) is 0 Å². The van der Waals surface area contributed by atoms with Gasteiger partial charge in [0, 0.05) is 0 Å². The summed E-state index contributed by atoms with van der Waals surface area (Å²) in [6.45, 7) is 8.98. The van der Waals surface area contributed by atoms with Crippen molar-refractivity contribution in [2.45, 2.75) is 27.7 Å². The monoisotopic (exact) mass is 238 g/mol. The first-order valence-corrected chi connectivity index (χ1v) is 4.61. The summed E-state index contributed by atoms with van der Waals surface area (Å²) >= 11 is 2.30. The summed E-state index contributed by atoms with van der Waals surface area (Å²) in [6, 6.07) is 0. The molecular weight excluding hydrogens is 223 g/mol. The van der Waals surface area contributed by atoms with Crippen LogP contribution in [-0.4, -0.2) is 0 Å². The van der Waals surface area contributed by atoms with Crippen LogP contribution in [0.1, 0.15) is 27.7 Å². The van der Waals surface area contributed by atoms with Crippen molar-refractivity contribution in [3.8, 4) is 0 Å². The van der Waals surface area contributed by atoms with Crippen LogP contribution in [0.3, 0.4) is 0 Å². The minimum atomic E-state index is 0.738. The van der Waals surface area contributed by atoms with Crippen LogP contribution >= 0.6 is 22.6 Å². The Bertz CT molecular complexity index is 103. The fourth-order valence-electron chi connectivity index (χ4n) is 0.625. The lowest BCUT2D eigenvalue weighted by Crippen LogP contribution is -2.04. The molecule has 0 aliphatic heterocycles. The zero-order valence-corrected chi connectivity index (χ0v) is 8.77. The third-order valence-electron chi connectivity index (χ3n) is 1.89. The van der Waals surface area contributed by atoms with E-state index in [0.717, 1.165) is 11.8 Å². The van der Waals surface area contributed by atoms with E-state index in [1.54, 1.807) is 0 Å². The van der Waals surface area contributed by atoms with Gasteiger partial charge in [0.05, 0.1) is 0 Å². The molecule has 0 spiro atoms. The van der Waals surface area contributed by atoms with E-state index in [-0.39, 0.29) is 0 Å². The summed E-state index contributed by atoms with van der Waals surface area (Å²) in [5, 5.41) is 0. The van der Waals surface area contributed by atoms with Crippen LogP contribution in [0.5, 0.6) is 0 Å². The van der Waals surface area contributed by atoms with Gasteiger partial charge in [0.1, 0.15) is 0 Å². The van der Waals surface area contributed by atoms with Crippen molar-refractivity contribution in [1.82, 2.24) is 0 Å². The predicted molar refractivity (Wildman–Crippen MR) is 51.8 cm³/mol. The van der Waals surface area contributed by atoms with Crippen LogP contribution < -0.4 is 0 Å². The van der Waals surface area contributed by atoms with Gasteiger partial charge in [0.2, 0.25) is 0 Å². The zero-order valence-electron chi connectivity index (χ0n) is 6.61. The molecular formula is C8H15I. The molecule has 0 fully saturated rings. The van der Waals surface area contributed by atoms with Gasteiger partial charge in [-0.15, -0.1) is 0 Å². The Labute approximate surface area is 71.9 Å². The highest BCUT2D eigenvalue weighted by molar-refractivity contribution is 14.1. The van der Waals surface area contributed by atoms with E-state index in [2.05, 4.69) is 54.4 Å². The second-order valence-electron chi connectivity index (χ2n) is 2.89. The molecule has 0 aliphatic carbocycles. The molecule has 0 aromatic rings. The van der Waals surface area contributed by atoms with Crippen LogP contribution in [0.4, 0.5) is 0 Å². The van der Waals surface area contributed by atoms with Gasteiger partial charge in [0.15, 0.2) is 0 Å². The van der Waals surface area contributed by atoms with E-state index in [9.17, 15) is 0 Å². The molecule has 1 unspecified atom stereocenters. The maximum Gasteiger partial charge on any atom is -0.0204 e. The summed E-state index contributed by atoms with van der Waals surface area (Å²) in [7, 11) is 0. The molecule has 0 rings (SSSR count). The van der Waals surface area contributed by atoms with Gasteiger partial charge >= 0.3 is 0 Å². The van der Waals surface area contributed by atoms with Gasteiger partial charge in [-0.2, -0.15) is 0 Å². The maximum absolute atomic E-state index is 2.30. The van der Waals surface area contributed by atoms with E-state index in [1.807, 2.05) is 0 Å².